The Morgan fingerprint density at radius 3 is 1.86 bits per heavy atom. The van der Waals surface area contributed by atoms with Crippen LogP contribution < -0.4 is 5.32 Å². The number of carbonyl (C=O) groups excluding carboxylic acids is 2. The van der Waals surface area contributed by atoms with Gasteiger partial charge in [-0.1, -0.05) is 6.58 Å². The molecule has 29 heavy (non-hydrogen) atoms. The Morgan fingerprint density at radius 2 is 1.52 bits per heavy atom. The summed E-state index contributed by atoms with van der Waals surface area (Å²) in [5, 5.41) is -4.59. The third kappa shape index (κ3) is 7.35. The Balaban J connectivity index is 6.05. The molecule has 1 amide bonds. The first-order chi connectivity index (χ1) is 12.7. The van der Waals surface area contributed by atoms with Crippen molar-refractivity contribution in [2.75, 3.05) is 13.2 Å². The van der Waals surface area contributed by atoms with Gasteiger partial charge in [0.15, 0.2) is 0 Å². The molecule has 0 spiro atoms. The molecule has 0 aliphatic rings. The monoisotopic (exact) mass is 471 g/mol. The van der Waals surface area contributed by atoms with Gasteiger partial charge in [-0.25, -0.2) is 4.79 Å². The van der Waals surface area contributed by atoms with Crippen LogP contribution in [0.3, 0.4) is 0 Å². The molecule has 0 radical (unpaired) electrons. The molecule has 0 saturated carbocycles. The number of hydrogen-bond donors (Lipinski definition) is 2. The average Bonchev–Trinajstić information content (AvgIpc) is 2.47. The van der Waals surface area contributed by atoms with E-state index in [2.05, 4.69) is 16.1 Å². The van der Waals surface area contributed by atoms with Gasteiger partial charge in [-0.15, -0.1) is 0 Å². The Morgan fingerprint density at radius 1 is 1.03 bits per heavy atom. The van der Waals surface area contributed by atoms with E-state index in [9.17, 15) is 57.5 Å². The Hall–Kier alpha value is -2.08. The van der Waals surface area contributed by atoms with Gasteiger partial charge in [0.1, 0.15) is 6.61 Å². The number of halogens is 9. The predicted molar refractivity (Wildman–Crippen MR) is 71.3 cm³/mol. The van der Waals surface area contributed by atoms with E-state index in [1.165, 1.54) is 0 Å². The first-order valence-electron chi connectivity index (χ1n) is 6.64. The lowest BCUT2D eigenvalue weighted by atomic mass is 10.2. The smallest absolute Gasteiger partial charge is 0.410 e. The number of carbonyl (C=O) groups is 2. The van der Waals surface area contributed by atoms with E-state index in [4.69, 9.17) is 4.55 Å². The van der Waals surface area contributed by atoms with Crippen molar-refractivity contribution in [3.63, 3.8) is 0 Å². The molecule has 1 unspecified atom stereocenters. The van der Waals surface area contributed by atoms with Crippen molar-refractivity contribution >= 4 is 22.0 Å². The summed E-state index contributed by atoms with van der Waals surface area (Å²) in [6, 6.07) is 0. The van der Waals surface area contributed by atoms with Gasteiger partial charge in [-0.05, 0) is 0 Å². The first-order valence-corrected chi connectivity index (χ1v) is 8.08. The second kappa shape index (κ2) is 8.74. The van der Waals surface area contributed by atoms with Crippen molar-refractivity contribution in [2.24, 2.45) is 0 Å². The predicted octanol–water partition coefficient (Wildman–Crippen LogP) is 1.84. The van der Waals surface area contributed by atoms with Crippen molar-refractivity contribution in [1.82, 2.24) is 5.32 Å². The molecule has 0 fully saturated rings. The average molecular weight is 471 g/mol. The maximum absolute atomic E-state index is 13.3. The molecule has 2 N–H and O–H groups in total. The van der Waals surface area contributed by atoms with E-state index in [1.54, 1.807) is 0 Å². The zero-order valence-corrected chi connectivity index (χ0v) is 14.4. The fourth-order valence-corrected chi connectivity index (χ4v) is 1.50. The van der Waals surface area contributed by atoms with Crippen LogP contribution in [0, 0.1) is 0 Å². The molecule has 0 aliphatic heterocycles. The normalized spacial score (nSPS) is 15.4. The zero-order chi connectivity index (χ0) is 23.5. The van der Waals surface area contributed by atoms with Crippen LogP contribution in [0.1, 0.15) is 6.42 Å². The largest absolute Gasteiger partial charge is 0.466 e. The minimum absolute atomic E-state index is 0.916. The highest BCUT2D eigenvalue weighted by Gasteiger charge is 2.68. The van der Waals surface area contributed by atoms with Crippen LogP contribution in [-0.2, 0) is 29.2 Å². The fourth-order valence-electron chi connectivity index (χ4n) is 1.29. The number of alkyl halides is 8. The molecule has 0 saturated heterocycles. The van der Waals surface area contributed by atoms with Crippen molar-refractivity contribution in [3.05, 3.63) is 12.4 Å². The topological polar surface area (TPSA) is 119 Å². The quantitative estimate of drug-likeness (QED) is 0.173. The van der Waals surface area contributed by atoms with Gasteiger partial charge in [-0.2, -0.15) is 47.9 Å². The first kappa shape index (κ1) is 26.9. The third-order valence-electron chi connectivity index (χ3n) is 2.64. The van der Waals surface area contributed by atoms with Gasteiger partial charge in [0.2, 0.25) is 5.83 Å². The highest BCUT2D eigenvalue weighted by atomic mass is 32.2. The van der Waals surface area contributed by atoms with Crippen LogP contribution >= 0.6 is 0 Å². The Labute approximate surface area is 155 Å². The lowest BCUT2D eigenvalue weighted by Gasteiger charge is -2.33. The molecule has 8 nitrogen and oxygen atoms in total. The van der Waals surface area contributed by atoms with Crippen molar-refractivity contribution < 1.29 is 71.5 Å². The maximum atomic E-state index is 13.3. The molecule has 0 rings (SSSR count). The lowest BCUT2D eigenvalue weighted by Crippen LogP contribution is -2.62. The summed E-state index contributed by atoms with van der Waals surface area (Å²) in [5.41, 5.74) is 0. The Kier molecular flexibility index (Phi) is 8.11. The number of rotatable bonds is 9. The summed E-state index contributed by atoms with van der Waals surface area (Å²) in [7, 11) is -6.42. The molecule has 18 heteroatoms. The lowest BCUT2D eigenvalue weighted by molar-refractivity contribution is -0.353. The molecule has 0 aromatic carbocycles. The van der Waals surface area contributed by atoms with E-state index >= 15 is 0 Å². The zero-order valence-electron chi connectivity index (χ0n) is 13.5. The van der Waals surface area contributed by atoms with Crippen LogP contribution in [0.15, 0.2) is 12.4 Å². The standard InChI is InChI=1S/C11H10F9NO7S/c1-5(12)6(22)28-10(11(18,19)20,7(23)21-3-2-8(13,14)15)27-4-9(16,17)29(24,25)26/h1-4H2,(H,21,23)(H,24,25,26). The second-order valence-corrected chi connectivity index (χ2v) is 6.48. The van der Waals surface area contributed by atoms with Crippen LogP contribution in [0.5, 0.6) is 0 Å². The third-order valence-corrected chi connectivity index (χ3v) is 3.52. The van der Waals surface area contributed by atoms with Crippen LogP contribution in [0.2, 0.25) is 0 Å². The van der Waals surface area contributed by atoms with Crippen molar-refractivity contribution in [1.29, 1.82) is 0 Å². The molecule has 0 heterocycles. The van der Waals surface area contributed by atoms with E-state index in [0.29, 0.717) is 0 Å². The van der Waals surface area contributed by atoms with Crippen LogP contribution in [0.4, 0.5) is 39.5 Å². The van der Waals surface area contributed by atoms with Crippen molar-refractivity contribution in [3.8, 4) is 0 Å². The summed E-state index contributed by atoms with van der Waals surface area (Å²) in [6.45, 7) is -2.39. The second-order valence-electron chi connectivity index (χ2n) is 4.93. The van der Waals surface area contributed by atoms with E-state index in [1.807, 2.05) is 0 Å². The number of amides is 1. The highest BCUT2D eigenvalue weighted by Crippen LogP contribution is 2.38. The molecule has 0 aromatic rings. The van der Waals surface area contributed by atoms with E-state index in [0.717, 1.165) is 5.32 Å². The minimum atomic E-state index is -6.42. The Bertz CT molecular complexity index is 747. The summed E-state index contributed by atoms with van der Waals surface area (Å²) < 4.78 is 151. The van der Waals surface area contributed by atoms with Gasteiger partial charge in [0.05, 0.1) is 6.42 Å². The van der Waals surface area contributed by atoms with Crippen LogP contribution in [-0.4, -0.2) is 61.4 Å². The molecule has 0 aliphatic carbocycles. The molecule has 0 aromatic heterocycles. The molecule has 0 bridgehead atoms. The van der Waals surface area contributed by atoms with Gasteiger partial charge < -0.3 is 14.8 Å². The number of ether oxygens (including phenoxy) is 2. The van der Waals surface area contributed by atoms with Gasteiger partial charge in [0, 0.05) is 6.54 Å². The summed E-state index contributed by atoms with van der Waals surface area (Å²) in [5.74, 6) is -13.1. The van der Waals surface area contributed by atoms with Gasteiger partial charge >= 0.3 is 45.4 Å². The molecular formula is C11H10F9NO7S. The van der Waals surface area contributed by atoms with Crippen molar-refractivity contribution in [2.45, 2.75) is 29.8 Å². The highest BCUT2D eigenvalue weighted by molar-refractivity contribution is 7.86. The molecule has 1 atom stereocenters. The molecule has 170 valence electrons. The number of nitrogens with one attached hydrogen (secondary N) is 1. The summed E-state index contributed by atoms with van der Waals surface area (Å²) in [4.78, 5) is 22.8. The van der Waals surface area contributed by atoms with Crippen LogP contribution in [0.25, 0.3) is 0 Å². The van der Waals surface area contributed by atoms with Gasteiger partial charge in [0.25, 0.3) is 0 Å². The minimum Gasteiger partial charge on any atom is -0.410 e. The molecular weight excluding hydrogens is 461 g/mol. The number of esters is 1. The fraction of sp³-hybridized carbons (Fsp3) is 0.636. The van der Waals surface area contributed by atoms with Gasteiger partial charge in [-0.3, -0.25) is 9.35 Å². The summed E-state index contributed by atoms with van der Waals surface area (Å²) in [6.07, 6.45) is -13.3. The SMILES string of the molecule is C=C(F)C(=O)OC(OCC(F)(F)S(=O)(=O)O)(C(=O)NCCC(F)(F)F)C(F)(F)F. The number of hydrogen-bond acceptors (Lipinski definition) is 6. The maximum Gasteiger partial charge on any atom is 0.466 e. The summed E-state index contributed by atoms with van der Waals surface area (Å²) >= 11 is 0. The van der Waals surface area contributed by atoms with E-state index < -0.39 is 70.8 Å². The van der Waals surface area contributed by atoms with E-state index in [-0.39, 0.29) is 0 Å².